The predicted octanol–water partition coefficient (Wildman–Crippen LogP) is -0.891. The van der Waals surface area contributed by atoms with Crippen molar-refractivity contribution in [2.75, 3.05) is 19.7 Å². The molecule has 0 unspecified atom stereocenters. The van der Waals surface area contributed by atoms with Crippen molar-refractivity contribution in [2.24, 2.45) is 5.73 Å². The van der Waals surface area contributed by atoms with Crippen LogP contribution < -0.4 is 5.73 Å². The van der Waals surface area contributed by atoms with Gasteiger partial charge < -0.3 is 15.4 Å². The third-order valence-corrected chi connectivity index (χ3v) is 1.86. The molecule has 1 aliphatic rings. The van der Waals surface area contributed by atoms with E-state index in [0.29, 0.717) is 6.54 Å². The minimum atomic E-state index is -0.494. The number of carbonyl (C=O) groups is 2. The standard InChI is InChI=1S/C8H14N2O3/c1-8(2)5-10(3-6(9)11)7(12)4-13-8/h3-5H2,1-2H3,(H2,9,11). The molecule has 1 heterocycles. The van der Waals surface area contributed by atoms with Crippen LogP contribution >= 0.6 is 0 Å². The fourth-order valence-electron chi connectivity index (χ4n) is 1.27. The number of amides is 2. The van der Waals surface area contributed by atoms with E-state index in [1.165, 1.54) is 4.90 Å². The Morgan fingerprint density at radius 3 is 2.85 bits per heavy atom. The highest BCUT2D eigenvalue weighted by atomic mass is 16.5. The number of hydrogen-bond donors (Lipinski definition) is 1. The van der Waals surface area contributed by atoms with Gasteiger partial charge in [0.1, 0.15) is 6.61 Å². The highest BCUT2D eigenvalue weighted by Crippen LogP contribution is 2.16. The van der Waals surface area contributed by atoms with Gasteiger partial charge in [-0.05, 0) is 13.8 Å². The topological polar surface area (TPSA) is 72.6 Å². The lowest BCUT2D eigenvalue weighted by Gasteiger charge is -2.37. The molecule has 0 aromatic heterocycles. The van der Waals surface area contributed by atoms with E-state index in [0.717, 1.165) is 0 Å². The normalized spacial score (nSPS) is 21.7. The average Bonchev–Trinajstić information content (AvgIpc) is 1.95. The van der Waals surface area contributed by atoms with E-state index in [9.17, 15) is 9.59 Å². The van der Waals surface area contributed by atoms with Crippen molar-refractivity contribution in [3.05, 3.63) is 0 Å². The van der Waals surface area contributed by atoms with Crippen LogP contribution in [0.25, 0.3) is 0 Å². The van der Waals surface area contributed by atoms with Crippen molar-refractivity contribution in [3.63, 3.8) is 0 Å². The first kappa shape index (κ1) is 9.98. The molecule has 0 spiro atoms. The van der Waals surface area contributed by atoms with Crippen LogP contribution in [0.15, 0.2) is 0 Å². The second-order valence-electron chi connectivity index (χ2n) is 3.76. The van der Waals surface area contributed by atoms with Gasteiger partial charge in [-0.3, -0.25) is 9.59 Å². The molecule has 0 radical (unpaired) electrons. The SMILES string of the molecule is CC1(C)CN(CC(N)=O)C(=O)CO1. The van der Waals surface area contributed by atoms with Gasteiger partial charge in [0.05, 0.1) is 12.1 Å². The molecule has 2 N–H and O–H groups in total. The number of morpholine rings is 1. The van der Waals surface area contributed by atoms with E-state index in [1.807, 2.05) is 13.8 Å². The van der Waals surface area contributed by atoms with E-state index >= 15 is 0 Å². The summed E-state index contributed by atoms with van der Waals surface area (Å²) >= 11 is 0. The number of rotatable bonds is 2. The fraction of sp³-hybridized carbons (Fsp3) is 0.750. The number of carbonyl (C=O) groups excluding carboxylic acids is 2. The van der Waals surface area contributed by atoms with Gasteiger partial charge in [-0.2, -0.15) is 0 Å². The number of nitrogens with two attached hydrogens (primary N) is 1. The van der Waals surface area contributed by atoms with E-state index in [2.05, 4.69) is 0 Å². The number of primary amides is 1. The van der Waals surface area contributed by atoms with Crippen LogP contribution in [0.3, 0.4) is 0 Å². The smallest absolute Gasteiger partial charge is 0.249 e. The molecule has 13 heavy (non-hydrogen) atoms. The molecule has 0 aliphatic carbocycles. The Morgan fingerprint density at radius 2 is 2.31 bits per heavy atom. The summed E-state index contributed by atoms with van der Waals surface area (Å²) in [4.78, 5) is 23.2. The highest BCUT2D eigenvalue weighted by Gasteiger charge is 2.32. The molecule has 1 fully saturated rings. The lowest BCUT2D eigenvalue weighted by atomic mass is 10.1. The highest BCUT2D eigenvalue weighted by molar-refractivity contribution is 5.84. The van der Waals surface area contributed by atoms with Crippen molar-refractivity contribution in [1.29, 1.82) is 0 Å². The monoisotopic (exact) mass is 186 g/mol. The molecule has 5 nitrogen and oxygen atoms in total. The van der Waals surface area contributed by atoms with Gasteiger partial charge >= 0.3 is 0 Å². The third-order valence-electron chi connectivity index (χ3n) is 1.86. The molecule has 0 saturated carbocycles. The Morgan fingerprint density at radius 1 is 1.69 bits per heavy atom. The zero-order valence-corrected chi connectivity index (χ0v) is 7.87. The maximum Gasteiger partial charge on any atom is 0.249 e. The first-order valence-electron chi connectivity index (χ1n) is 4.11. The van der Waals surface area contributed by atoms with Crippen LogP contribution in [0.2, 0.25) is 0 Å². The third kappa shape index (κ3) is 2.69. The van der Waals surface area contributed by atoms with Crippen molar-refractivity contribution in [2.45, 2.75) is 19.4 Å². The van der Waals surface area contributed by atoms with Crippen LogP contribution in [-0.4, -0.2) is 42.0 Å². The minimum absolute atomic E-state index is 0.0222. The number of hydrogen-bond acceptors (Lipinski definition) is 3. The van der Waals surface area contributed by atoms with E-state index in [-0.39, 0.29) is 24.7 Å². The van der Waals surface area contributed by atoms with Gasteiger partial charge in [-0.1, -0.05) is 0 Å². The molecule has 0 aromatic carbocycles. The molecule has 0 bridgehead atoms. The van der Waals surface area contributed by atoms with E-state index in [4.69, 9.17) is 10.5 Å². The van der Waals surface area contributed by atoms with Crippen LogP contribution in [0.1, 0.15) is 13.8 Å². The molecule has 1 aliphatic heterocycles. The van der Waals surface area contributed by atoms with Gasteiger partial charge in [0, 0.05) is 6.54 Å². The largest absolute Gasteiger partial charge is 0.368 e. The molecule has 2 amide bonds. The second-order valence-corrected chi connectivity index (χ2v) is 3.76. The Hall–Kier alpha value is -1.10. The van der Waals surface area contributed by atoms with Gasteiger partial charge in [-0.25, -0.2) is 0 Å². The van der Waals surface area contributed by atoms with Crippen molar-refractivity contribution >= 4 is 11.8 Å². The molecule has 1 rings (SSSR count). The molecule has 5 heteroatoms. The maximum atomic E-state index is 11.2. The van der Waals surface area contributed by atoms with Crippen LogP contribution in [0.4, 0.5) is 0 Å². The van der Waals surface area contributed by atoms with Crippen molar-refractivity contribution in [3.8, 4) is 0 Å². The Bertz CT molecular complexity index is 238. The lowest BCUT2D eigenvalue weighted by molar-refractivity contribution is -0.160. The van der Waals surface area contributed by atoms with E-state index < -0.39 is 5.91 Å². The molecule has 0 atom stereocenters. The van der Waals surface area contributed by atoms with Gasteiger partial charge in [-0.15, -0.1) is 0 Å². The van der Waals surface area contributed by atoms with E-state index in [1.54, 1.807) is 0 Å². The Kier molecular flexibility index (Phi) is 2.56. The fourth-order valence-corrected chi connectivity index (χ4v) is 1.27. The zero-order chi connectivity index (χ0) is 10.1. The minimum Gasteiger partial charge on any atom is -0.368 e. The first-order chi connectivity index (χ1) is 5.91. The zero-order valence-electron chi connectivity index (χ0n) is 7.87. The summed E-state index contributed by atoms with van der Waals surface area (Å²) in [5.74, 6) is -0.677. The van der Waals surface area contributed by atoms with Gasteiger partial charge in [0.15, 0.2) is 0 Å². The first-order valence-corrected chi connectivity index (χ1v) is 4.11. The summed E-state index contributed by atoms with van der Waals surface area (Å²) in [5.41, 5.74) is 4.61. The van der Waals surface area contributed by atoms with Gasteiger partial charge in [0.25, 0.3) is 0 Å². The molecular formula is C8H14N2O3. The van der Waals surface area contributed by atoms with Crippen molar-refractivity contribution < 1.29 is 14.3 Å². The Labute approximate surface area is 76.8 Å². The van der Waals surface area contributed by atoms with Crippen molar-refractivity contribution in [1.82, 2.24) is 4.90 Å². The molecule has 74 valence electrons. The lowest BCUT2D eigenvalue weighted by Crippen LogP contribution is -2.53. The predicted molar refractivity (Wildman–Crippen MR) is 45.8 cm³/mol. The summed E-state index contributed by atoms with van der Waals surface area (Å²) in [5, 5.41) is 0. The molecule has 1 saturated heterocycles. The second kappa shape index (κ2) is 3.33. The summed E-state index contributed by atoms with van der Waals surface area (Å²) in [6.07, 6.45) is 0. The number of ether oxygens (including phenoxy) is 1. The van der Waals surface area contributed by atoms with Crippen LogP contribution in [0.5, 0.6) is 0 Å². The summed E-state index contributed by atoms with van der Waals surface area (Å²) < 4.78 is 5.25. The quantitative estimate of drug-likeness (QED) is 0.608. The van der Waals surface area contributed by atoms with Crippen LogP contribution in [0, 0.1) is 0 Å². The average molecular weight is 186 g/mol. The molecule has 0 aromatic rings. The molecular weight excluding hydrogens is 172 g/mol. The summed E-state index contributed by atoms with van der Waals surface area (Å²) in [6, 6.07) is 0. The Balaban J connectivity index is 2.60. The summed E-state index contributed by atoms with van der Waals surface area (Å²) in [7, 11) is 0. The van der Waals surface area contributed by atoms with Crippen LogP contribution in [-0.2, 0) is 14.3 Å². The number of nitrogens with zero attached hydrogens (tertiary/aromatic N) is 1. The summed E-state index contributed by atoms with van der Waals surface area (Å²) in [6.45, 7) is 4.15. The maximum absolute atomic E-state index is 11.2. The van der Waals surface area contributed by atoms with Gasteiger partial charge in [0.2, 0.25) is 11.8 Å².